The number of hydrogen-bond acceptors (Lipinski definition) is 3. The number of anilines is 1. The topological polar surface area (TPSA) is 15.3 Å². The molecule has 0 aliphatic heterocycles. The van der Waals surface area contributed by atoms with Gasteiger partial charge in [-0.05, 0) is 38.0 Å². The number of thiophene rings is 1. The van der Waals surface area contributed by atoms with Crippen molar-refractivity contribution in [1.29, 1.82) is 0 Å². The van der Waals surface area contributed by atoms with Gasteiger partial charge in [-0.3, -0.25) is 0 Å². The number of nitrogens with zero attached hydrogens (tertiary/aromatic N) is 1. The van der Waals surface area contributed by atoms with Crippen molar-refractivity contribution in [3.63, 3.8) is 0 Å². The summed E-state index contributed by atoms with van der Waals surface area (Å²) in [6, 6.07) is 5.80. The van der Waals surface area contributed by atoms with Gasteiger partial charge in [-0.1, -0.05) is 18.1 Å². The second-order valence-corrected chi connectivity index (χ2v) is 6.31. The predicted octanol–water partition coefficient (Wildman–Crippen LogP) is 4.05. The summed E-state index contributed by atoms with van der Waals surface area (Å²) < 4.78 is 26.8. The molecule has 0 bridgehead atoms. The van der Waals surface area contributed by atoms with Crippen molar-refractivity contribution in [3.05, 3.63) is 28.6 Å². The third kappa shape index (κ3) is 3.96. The summed E-state index contributed by atoms with van der Waals surface area (Å²) in [5.41, 5.74) is 1.66. The molecular formula is C17H20F2N2S. The number of benzene rings is 1. The molecule has 2 aromatic rings. The fourth-order valence-corrected chi connectivity index (χ4v) is 3.52. The normalized spacial score (nSPS) is 11.0. The first-order valence-corrected chi connectivity index (χ1v) is 7.98. The highest BCUT2D eigenvalue weighted by Gasteiger charge is 2.17. The first-order valence-electron chi connectivity index (χ1n) is 7.16. The Kier molecular flexibility index (Phi) is 5.76. The van der Waals surface area contributed by atoms with Crippen LogP contribution in [0.2, 0.25) is 0 Å². The van der Waals surface area contributed by atoms with Crippen molar-refractivity contribution < 1.29 is 8.78 Å². The number of likely N-dealkylation sites (N-methyl/N-ethyl adjacent to an activating group) is 1. The van der Waals surface area contributed by atoms with Gasteiger partial charge in [-0.15, -0.1) is 17.3 Å². The molecule has 0 spiro atoms. The first kappa shape index (κ1) is 16.7. The summed E-state index contributed by atoms with van der Waals surface area (Å²) >= 11 is 1.49. The molecule has 0 aliphatic carbocycles. The summed E-state index contributed by atoms with van der Waals surface area (Å²) in [5.74, 6) is 5.80. The monoisotopic (exact) mass is 322 g/mol. The number of alkyl halides is 2. The van der Waals surface area contributed by atoms with Crippen LogP contribution in [0.15, 0.2) is 18.2 Å². The Morgan fingerprint density at radius 1 is 1.32 bits per heavy atom. The van der Waals surface area contributed by atoms with E-state index in [4.69, 9.17) is 0 Å². The lowest BCUT2D eigenvalue weighted by Gasteiger charge is -2.12. The standard InChI is InChI=1S/C17H20F2N2S/c1-4-6-15-13(11-16(18)19)12-7-5-8-14(17(12)22-15)20-9-10-21(2)3/h5,7-8,16,20H,9-11H2,1-3H3. The molecule has 2 rings (SSSR count). The quantitative estimate of drug-likeness (QED) is 0.807. The lowest BCUT2D eigenvalue weighted by Crippen LogP contribution is -2.20. The van der Waals surface area contributed by atoms with E-state index in [-0.39, 0.29) is 6.42 Å². The van der Waals surface area contributed by atoms with E-state index in [0.717, 1.165) is 33.7 Å². The van der Waals surface area contributed by atoms with Gasteiger partial charge in [-0.25, -0.2) is 8.78 Å². The number of rotatable bonds is 6. The zero-order chi connectivity index (χ0) is 16.1. The minimum atomic E-state index is -2.36. The maximum Gasteiger partial charge on any atom is 0.242 e. The molecule has 1 aromatic heterocycles. The highest BCUT2D eigenvalue weighted by atomic mass is 32.1. The van der Waals surface area contributed by atoms with Crippen LogP contribution in [-0.2, 0) is 6.42 Å². The molecule has 0 aliphatic rings. The summed E-state index contributed by atoms with van der Waals surface area (Å²) in [5, 5.41) is 4.27. The molecule has 22 heavy (non-hydrogen) atoms. The zero-order valence-corrected chi connectivity index (χ0v) is 13.9. The molecule has 5 heteroatoms. The molecule has 0 fully saturated rings. The van der Waals surface area contributed by atoms with Crippen LogP contribution < -0.4 is 5.32 Å². The fraction of sp³-hybridized carbons (Fsp3) is 0.412. The van der Waals surface area contributed by atoms with Gasteiger partial charge in [0, 0.05) is 19.5 Å². The molecular weight excluding hydrogens is 302 g/mol. The predicted molar refractivity (Wildman–Crippen MR) is 91.1 cm³/mol. The smallest absolute Gasteiger partial charge is 0.242 e. The molecule has 0 amide bonds. The Hall–Kier alpha value is -1.64. The largest absolute Gasteiger partial charge is 0.383 e. The van der Waals surface area contributed by atoms with E-state index in [1.807, 2.05) is 32.3 Å². The number of halogens is 2. The number of nitrogens with one attached hydrogen (secondary N) is 1. The minimum absolute atomic E-state index is 0.245. The molecule has 0 atom stereocenters. The van der Waals surface area contributed by atoms with Crippen LogP contribution in [-0.4, -0.2) is 38.5 Å². The summed E-state index contributed by atoms with van der Waals surface area (Å²) in [4.78, 5) is 2.84. The second kappa shape index (κ2) is 7.57. The van der Waals surface area contributed by atoms with Gasteiger partial charge in [0.15, 0.2) is 0 Å². The van der Waals surface area contributed by atoms with Crippen LogP contribution in [0.5, 0.6) is 0 Å². The minimum Gasteiger partial charge on any atom is -0.383 e. The second-order valence-electron chi connectivity index (χ2n) is 5.29. The first-order chi connectivity index (χ1) is 10.5. The van der Waals surface area contributed by atoms with Crippen LogP contribution >= 0.6 is 11.3 Å². The van der Waals surface area contributed by atoms with Crippen molar-refractivity contribution in [3.8, 4) is 11.8 Å². The Morgan fingerprint density at radius 2 is 2.09 bits per heavy atom. The van der Waals surface area contributed by atoms with E-state index >= 15 is 0 Å². The number of hydrogen-bond donors (Lipinski definition) is 1. The van der Waals surface area contributed by atoms with Crippen molar-refractivity contribution in [2.45, 2.75) is 19.8 Å². The molecule has 2 nitrogen and oxygen atoms in total. The molecule has 0 unspecified atom stereocenters. The summed E-state index contributed by atoms with van der Waals surface area (Å²) in [6.45, 7) is 3.45. The lowest BCUT2D eigenvalue weighted by molar-refractivity contribution is 0.149. The third-order valence-corrected chi connectivity index (χ3v) is 4.49. The Labute approximate surface area is 134 Å². The van der Waals surface area contributed by atoms with E-state index < -0.39 is 6.43 Å². The highest BCUT2D eigenvalue weighted by molar-refractivity contribution is 7.20. The van der Waals surface area contributed by atoms with Gasteiger partial charge < -0.3 is 10.2 Å². The van der Waals surface area contributed by atoms with E-state index in [0.29, 0.717) is 5.56 Å². The van der Waals surface area contributed by atoms with Crippen molar-refractivity contribution in [2.75, 3.05) is 32.5 Å². The molecule has 0 saturated heterocycles. The van der Waals surface area contributed by atoms with Gasteiger partial charge in [0.25, 0.3) is 0 Å². The highest BCUT2D eigenvalue weighted by Crippen LogP contribution is 2.37. The van der Waals surface area contributed by atoms with Crippen molar-refractivity contribution in [1.82, 2.24) is 4.90 Å². The van der Waals surface area contributed by atoms with Crippen molar-refractivity contribution in [2.24, 2.45) is 0 Å². The average molecular weight is 322 g/mol. The van der Waals surface area contributed by atoms with Crippen LogP contribution in [0.1, 0.15) is 17.4 Å². The van der Waals surface area contributed by atoms with Crippen molar-refractivity contribution >= 4 is 27.1 Å². The van der Waals surface area contributed by atoms with E-state index in [1.165, 1.54) is 11.3 Å². The molecule has 1 N–H and O–H groups in total. The lowest BCUT2D eigenvalue weighted by atomic mass is 10.1. The molecule has 0 saturated carbocycles. The van der Waals surface area contributed by atoms with E-state index in [1.54, 1.807) is 6.92 Å². The van der Waals surface area contributed by atoms with Gasteiger partial charge in [-0.2, -0.15) is 0 Å². The van der Waals surface area contributed by atoms with E-state index in [2.05, 4.69) is 22.1 Å². The van der Waals surface area contributed by atoms with Gasteiger partial charge in [0.2, 0.25) is 6.43 Å². The summed E-state index contributed by atoms with van der Waals surface area (Å²) in [6.07, 6.45) is -2.61. The molecule has 118 valence electrons. The van der Waals surface area contributed by atoms with Crippen LogP contribution in [0.4, 0.5) is 14.5 Å². The maximum atomic E-state index is 12.9. The average Bonchev–Trinajstić information content (AvgIpc) is 2.77. The van der Waals surface area contributed by atoms with E-state index in [9.17, 15) is 8.78 Å². The third-order valence-electron chi connectivity index (χ3n) is 3.29. The fourth-order valence-electron chi connectivity index (χ4n) is 2.30. The summed E-state index contributed by atoms with van der Waals surface area (Å²) in [7, 11) is 4.03. The Morgan fingerprint density at radius 3 is 2.73 bits per heavy atom. The van der Waals surface area contributed by atoms with Crippen LogP contribution in [0.3, 0.4) is 0 Å². The maximum absolute atomic E-state index is 12.9. The molecule has 1 heterocycles. The van der Waals surface area contributed by atoms with Crippen LogP contribution in [0, 0.1) is 11.8 Å². The number of fused-ring (bicyclic) bond motifs is 1. The Bertz CT molecular complexity index is 696. The molecule has 1 aromatic carbocycles. The SMILES string of the molecule is CC#Cc1sc2c(NCCN(C)C)cccc2c1CC(F)F. The zero-order valence-electron chi connectivity index (χ0n) is 13.0. The van der Waals surface area contributed by atoms with Crippen LogP contribution in [0.25, 0.3) is 10.1 Å². The Balaban J connectivity index is 2.41. The van der Waals surface area contributed by atoms with Gasteiger partial charge in [0.05, 0.1) is 15.3 Å². The molecule has 0 radical (unpaired) electrons. The van der Waals surface area contributed by atoms with Gasteiger partial charge >= 0.3 is 0 Å². The van der Waals surface area contributed by atoms with Gasteiger partial charge in [0.1, 0.15) is 0 Å².